The van der Waals surface area contributed by atoms with Gasteiger partial charge in [0.2, 0.25) is 5.95 Å². The van der Waals surface area contributed by atoms with Crippen molar-refractivity contribution in [3.63, 3.8) is 0 Å². The summed E-state index contributed by atoms with van der Waals surface area (Å²) < 4.78 is 23.5. The number of ether oxygens (including phenoxy) is 2. The normalized spacial score (nSPS) is 10.3. The number of benzene rings is 2. The zero-order valence-corrected chi connectivity index (χ0v) is 14.4. The SMILES string of the molecule is COc1ccc(Nc2nncc(NCc3ccc(F)cc3)n2)c(OC)c1. The van der Waals surface area contributed by atoms with Crippen LogP contribution in [0.1, 0.15) is 5.56 Å². The minimum atomic E-state index is -0.266. The van der Waals surface area contributed by atoms with E-state index in [0.717, 1.165) is 5.56 Å². The molecule has 3 rings (SSSR count). The number of rotatable bonds is 7. The van der Waals surface area contributed by atoms with Gasteiger partial charge in [0.25, 0.3) is 0 Å². The van der Waals surface area contributed by atoms with Crippen LogP contribution in [0.4, 0.5) is 21.8 Å². The second kappa shape index (κ2) is 8.11. The van der Waals surface area contributed by atoms with Crippen molar-refractivity contribution in [3.05, 3.63) is 60.0 Å². The molecule has 8 heteroatoms. The molecular weight excluding hydrogens is 337 g/mol. The first-order valence-electron chi connectivity index (χ1n) is 7.85. The number of hydrogen-bond donors (Lipinski definition) is 2. The van der Waals surface area contributed by atoms with Crippen LogP contribution >= 0.6 is 0 Å². The summed E-state index contributed by atoms with van der Waals surface area (Å²) in [6.45, 7) is 0.490. The molecule has 0 amide bonds. The minimum absolute atomic E-state index is 0.266. The van der Waals surface area contributed by atoms with E-state index in [1.807, 2.05) is 0 Å². The molecule has 0 saturated carbocycles. The number of aromatic nitrogens is 3. The van der Waals surface area contributed by atoms with Crippen LogP contribution in [0.2, 0.25) is 0 Å². The molecule has 26 heavy (non-hydrogen) atoms. The Morgan fingerprint density at radius 1 is 1.04 bits per heavy atom. The Hall–Kier alpha value is -3.42. The fourth-order valence-electron chi connectivity index (χ4n) is 2.26. The first kappa shape index (κ1) is 17.4. The van der Waals surface area contributed by atoms with Crippen LogP contribution in [0.5, 0.6) is 11.5 Å². The summed E-state index contributed by atoms with van der Waals surface area (Å²) in [5.41, 5.74) is 1.61. The Morgan fingerprint density at radius 2 is 1.85 bits per heavy atom. The van der Waals surface area contributed by atoms with Crippen molar-refractivity contribution in [3.8, 4) is 11.5 Å². The summed E-state index contributed by atoms with van der Waals surface area (Å²) in [6.07, 6.45) is 1.51. The molecule has 3 aromatic rings. The van der Waals surface area contributed by atoms with Crippen molar-refractivity contribution in [1.29, 1.82) is 0 Å². The summed E-state index contributed by atoms with van der Waals surface area (Å²) in [7, 11) is 3.16. The summed E-state index contributed by atoms with van der Waals surface area (Å²) >= 11 is 0. The third kappa shape index (κ3) is 4.35. The largest absolute Gasteiger partial charge is 0.497 e. The van der Waals surface area contributed by atoms with Gasteiger partial charge < -0.3 is 20.1 Å². The second-order valence-corrected chi connectivity index (χ2v) is 5.34. The molecule has 0 aliphatic heterocycles. The molecule has 0 atom stereocenters. The van der Waals surface area contributed by atoms with Crippen LogP contribution in [0, 0.1) is 5.82 Å². The first-order valence-corrected chi connectivity index (χ1v) is 7.85. The fourth-order valence-corrected chi connectivity index (χ4v) is 2.26. The average Bonchev–Trinajstić information content (AvgIpc) is 2.68. The van der Waals surface area contributed by atoms with Crippen molar-refractivity contribution in [2.75, 3.05) is 24.9 Å². The van der Waals surface area contributed by atoms with Crippen molar-refractivity contribution in [2.24, 2.45) is 0 Å². The average molecular weight is 355 g/mol. The summed E-state index contributed by atoms with van der Waals surface area (Å²) in [4.78, 5) is 4.36. The molecule has 2 N–H and O–H groups in total. The summed E-state index contributed by atoms with van der Waals surface area (Å²) in [5, 5.41) is 14.1. The molecular formula is C18H18FN5O2. The molecule has 0 aliphatic rings. The molecule has 0 saturated heterocycles. The van der Waals surface area contributed by atoms with Crippen molar-refractivity contribution >= 4 is 17.5 Å². The van der Waals surface area contributed by atoms with Crippen LogP contribution < -0.4 is 20.1 Å². The maximum Gasteiger partial charge on any atom is 0.249 e. The lowest BCUT2D eigenvalue weighted by atomic mass is 10.2. The summed E-state index contributed by atoms with van der Waals surface area (Å²) in [5.74, 6) is 1.87. The van der Waals surface area contributed by atoms with E-state index in [2.05, 4.69) is 25.8 Å². The lowest BCUT2D eigenvalue weighted by Gasteiger charge is -2.12. The van der Waals surface area contributed by atoms with Gasteiger partial charge in [-0.1, -0.05) is 12.1 Å². The number of nitrogens with zero attached hydrogens (tertiary/aromatic N) is 3. The van der Waals surface area contributed by atoms with Crippen LogP contribution in [-0.2, 0) is 6.54 Å². The molecule has 0 bridgehead atoms. The Kier molecular flexibility index (Phi) is 5.43. The molecule has 0 aliphatic carbocycles. The molecule has 1 heterocycles. The standard InChI is InChI=1S/C18H18FN5O2/c1-25-14-7-8-15(16(9-14)26-2)22-18-23-17(11-21-24-18)20-10-12-3-5-13(19)6-4-12/h3-9,11H,10H2,1-2H3,(H2,20,22,23,24). The molecule has 0 unspecified atom stereocenters. The minimum Gasteiger partial charge on any atom is -0.497 e. The summed E-state index contributed by atoms with van der Waals surface area (Å²) in [6, 6.07) is 11.6. The predicted molar refractivity (Wildman–Crippen MR) is 96.4 cm³/mol. The molecule has 7 nitrogen and oxygen atoms in total. The van der Waals surface area contributed by atoms with E-state index in [1.54, 1.807) is 44.6 Å². The van der Waals surface area contributed by atoms with Crippen LogP contribution in [0.15, 0.2) is 48.7 Å². The van der Waals surface area contributed by atoms with Gasteiger partial charge in [-0.25, -0.2) is 4.39 Å². The van der Waals surface area contributed by atoms with Gasteiger partial charge in [-0.15, -0.1) is 5.10 Å². The van der Waals surface area contributed by atoms with Gasteiger partial charge >= 0.3 is 0 Å². The maximum atomic E-state index is 12.9. The highest BCUT2D eigenvalue weighted by Gasteiger charge is 2.08. The van der Waals surface area contributed by atoms with Crippen LogP contribution in [-0.4, -0.2) is 29.4 Å². The molecule has 2 aromatic carbocycles. The van der Waals surface area contributed by atoms with Gasteiger partial charge in [-0.3, -0.25) is 0 Å². The number of nitrogens with one attached hydrogen (secondary N) is 2. The van der Waals surface area contributed by atoms with Gasteiger partial charge in [0.1, 0.15) is 17.3 Å². The zero-order valence-electron chi connectivity index (χ0n) is 14.4. The molecule has 1 aromatic heterocycles. The van der Waals surface area contributed by atoms with E-state index in [0.29, 0.717) is 35.5 Å². The molecule has 134 valence electrons. The molecule has 0 radical (unpaired) electrons. The van der Waals surface area contributed by atoms with Crippen LogP contribution in [0.3, 0.4) is 0 Å². The van der Waals surface area contributed by atoms with E-state index < -0.39 is 0 Å². The number of anilines is 3. The van der Waals surface area contributed by atoms with Gasteiger partial charge in [-0.05, 0) is 29.8 Å². The van der Waals surface area contributed by atoms with Crippen molar-refractivity contribution < 1.29 is 13.9 Å². The highest BCUT2D eigenvalue weighted by atomic mass is 19.1. The lowest BCUT2D eigenvalue weighted by Crippen LogP contribution is -2.06. The number of halogens is 1. The van der Waals surface area contributed by atoms with E-state index in [-0.39, 0.29) is 5.82 Å². The Labute approximate surface area is 150 Å². The Morgan fingerprint density at radius 3 is 2.58 bits per heavy atom. The van der Waals surface area contributed by atoms with Crippen LogP contribution in [0.25, 0.3) is 0 Å². The second-order valence-electron chi connectivity index (χ2n) is 5.34. The zero-order chi connectivity index (χ0) is 18.4. The maximum absolute atomic E-state index is 12.9. The van der Waals surface area contributed by atoms with E-state index in [1.165, 1.54) is 18.3 Å². The van der Waals surface area contributed by atoms with Gasteiger partial charge in [0.15, 0.2) is 5.82 Å². The van der Waals surface area contributed by atoms with Crippen molar-refractivity contribution in [1.82, 2.24) is 15.2 Å². The predicted octanol–water partition coefficient (Wildman–Crippen LogP) is 3.38. The van der Waals surface area contributed by atoms with E-state index in [9.17, 15) is 4.39 Å². The first-order chi connectivity index (χ1) is 12.7. The van der Waals surface area contributed by atoms with E-state index >= 15 is 0 Å². The van der Waals surface area contributed by atoms with Gasteiger partial charge in [-0.2, -0.15) is 10.1 Å². The quantitative estimate of drug-likeness (QED) is 0.672. The monoisotopic (exact) mass is 355 g/mol. The third-order valence-electron chi connectivity index (χ3n) is 3.60. The highest BCUT2D eigenvalue weighted by molar-refractivity contribution is 5.64. The molecule has 0 fully saturated rings. The lowest BCUT2D eigenvalue weighted by molar-refractivity contribution is 0.395. The topological polar surface area (TPSA) is 81.2 Å². The Bertz CT molecular complexity index is 874. The Balaban J connectivity index is 1.70. The van der Waals surface area contributed by atoms with Crippen molar-refractivity contribution in [2.45, 2.75) is 6.54 Å². The number of hydrogen-bond acceptors (Lipinski definition) is 7. The molecule has 0 spiro atoms. The fraction of sp³-hybridized carbons (Fsp3) is 0.167. The third-order valence-corrected chi connectivity index (χ3v) is 3.60. The van der Waals surface area contributed by atoms with Gasteiger partial charge in [0.05, 0.1) is 26.1 Å². The van der Waals surface area contributed by atoms with E-state index in [4.69, 9.17) is 9.47 Å². The highest BCUT2D eigenvalue weighted by Crippen LogP contribution is 2.30. The smallest absolute Gasteiger partial charge is 0.249 e. The van der Waals surface area contributed by atoms with Gasteiger partial charge in [0, 0.05) is 12.6 Å². The number of methoxy groups -OCH3 is 2.